The van der Waals surface area contributed by atoms with Gasteiger partial charge in [-0.3, -0.25) is 4.90 Å². The lowest BCUT2D eigenvalue weighted by molar-refractivity contribution is -0.0121. The standard InChI is InChI=1S/C17H24BN2O8/c19-17(7-21,8-22)6-20-4-9(5-20)27-13-2-1-10-11-3-12(11)18(25,26)28-15(10)14(13)16(23)24/h1-2,9,11-12,21-22,25-26H,3-8,19H2,(H,23,24)/q-1/t11?,12-/m1/s1. The Morgan fingerprint density at radius 2 is 2.00 bits per heavy atom. The molecule has 0 bridgehead atoms. The summed E-state index contributed by atoms with van der Waals surface area (Å²) in [4.78, 5) is 13.7. The monoisotopic (exact) mass is 395 g/mol. The second-order valence-corrected chi connectivity index (χ2v) is 8.16. The van der Waals surface area contributed by atoms with Gasteiger partial charge in [-0.05, 0) is 17.5 Å². The quantitative estimate of drug-likeness (QED) is 0.293. The smallest absolute Gasteiger partial charge is 0.434 e. The molecule has 0 amide bonds. The molecule has 3 aliphatic rings. The first kappa shape index (κ1) is 19.4. The second-order valence-electron chi connectivity index (χ2n) is 8.16. The highest BCUT2D eigenvalue weighted by atomic mass is 16.6. The molecule has 1 aromatic rings. The van der Waals surface area contributed by atoms with Gasteiger partial charge in [-0.2, -0.15) is 0 Å². The van der Waals surface area contributed by atoms with E-state index < -0.39 is 24.1 Å². The van der Waals surface area contributed by atoms with Gasteiger partial charge in [0.2, 0.25) is 0 Å². The van der Waals surface area contributed by atoms with E-state index in [1.165, 1.54) is 0 Å². The summed E-state index contributed by atoms with van der Waals surface area (Å²) in [6.45, 7) is -2.61. The number of hydrogen-bond acceptors (Lipinski definition) is 9. The highest BCUT2D eigenvalue weighted by Crippen LogP contribution is 2.63. The number of benzene rings is 1. The number of fused-ring (bicyclic) bond motifs is 3. The molecule has 1 aromatic carbocycles. The van der Waals surface area contributed by atoms with Gasteiger partial charge in [0.25, 0.3) is 0 Å². The van der Waals surface area contributed by atoms with E-state index in [1.807, 2.05) is 4.90 Å². The Balaban J connectivity index is 1.49. The van der Waals surface area contributed by atoms with Crippen LogP contribution in [0.1, 0.15) is 28.3 Å². The molecule has 0 aromatic heterocycles. The van der Waals surface area contributed by atoms with Crippen molar-refractivity contribution in [3.05, 3.63) is 23.3 Å². The largest absolute Gasteiger partial charge is 0.669 e. The van der Waals surface area contributed by atoms with Crippen molar-refractivity contribution in [3.63, 3.8) is 0 Å². The molecule has 2 aliphatic heterocycles. The fourth-order valence-electron chi connectivity index (χ4n) is 4.11. The number of aliphatic hydroxyl groups is 2. The van der Waals surface area contributed by atoms with Crippen LogP contribution >= 0.6 is 0 Å². The van der Waals surface area contributed by atoms with Gasteiger partial charge in [-0.1, -0.05) is 18.3 Å². The van der Waals surface area contributed by atoms with E-state index in [4.69, 9.17) is 15.1 Å². The van der Waals surface area contributed by atoms with E-state index >= 15 is 0 Å². The van der Waals surface area contributed by atoms with Crippen molar-refractivity contribution in [2.75, 3.05) is 32.8 Å². The van der Waals surface area contributed by atoms with Crippen LogP contribution in [0.5, 0.6) is 11.5 Å². The molecule has 10 nitrogen and oxygen atoms in total. The van der Waals surface area contributed by atoms with Gasteiger partial charge in [0.1, 0.15) is 17.4 Å². The molecule has 2 atom stereocenters. The van der Waals surface area contributed by atoms with Crippen molar-refractivity contribution >= 4 is 12.7 Å². The lowest BCUT2D eigenvalue weighted by atomic mass is 9.68. The van der Waals surface area contributed by atoms with Crippen LogP contribution in [0, 0.1) is 0 Å². The second kappa shape index (κ2) is 6.58. The minimum atomic E-state index is -3.08. The zero-order chi connectivity index (χ0) is 20.3. The zero-order valence-electron chi connectivity index (χ0n) is 15.2. The highest BCUT2D eigenvalue weighted by Gasteiger charge is 2.55. The predicted octanol–water partition coefficient (Wildman–Crippen LogP) is -1.70. The molecule has 2 fully saturated rings. The Hall–Kier alpha value is -1.89. The molecular weight excluding hydrogens is 371 g/mol. The molecule has 0 radical (unpaired) electrons. The predicted molar refractivity (Wildman–Crippen MR) is 97.3 cm³/mol. The van der Waals surface area contributed by atoms with E-state index in [1.54, 1.807) is 12.1 Å². The van der Waals surface area contributed by atoms with Crippen LogP contribution in [-0.2, 0) is 0 Å². The van der Waals surface area contributed by atoms with Crippen molar-refractivity contribution in [3.8, 4) is 11.5 Å². The van der Waals surface area contributed by atoms with Gasteiger partial charge < -0.3 is 40.5 Å². The first-order chi connectivity index (χ1) is 13.2. The van der Waals surface area contributed by atoms with Gasteiger partial charge in [0.05, 0.1) is 24.5 Å². The number of hydrogen-bond donors (Lipinski definition) is 6. The molecule has 0 spiro atoms. The van der Waals surface area contributed by atoms with Gasteiger partial charge >= 0.3 is 12.7 Å². The summed E-state index contributed by atoms with van der Waals surface area (Å²) in [5.41, 5.74) is 5.20. The SMILES string of the molecule is NC(CO)(CO)CN1CC(Oc2ccc3c(c2C(=O)O)O[B-](O)(O)[C@@H]2CC32)C1. The maximum absolute atomic E-state index is 11.8. The summed E-state index contributed by atoms with van der Waals surface area (Å²) in [6, 6.07) is 3.29. The van der Waals surface area contributed by atoms with Gasteiger partial charge in [-0.15, -0.1) is 0 Å². The highest BCUT2D eigenvalue weighted by molar-refractivity contribution is 6.62. The van der Waals surface area contributed by atoms with Gasteiger partial charge in [0.15, 0.2) is 0 Å². The summed E-state index contributed by atoms with van der Waals surface area (Å²) in [5.74, 6) is -1.71. The average Bonchev–Trinajstić information content (AvgIpc) is 3.40. The summed E-state index contributed by atoms with van der Waals surface area (Å²) in [7, 11) is 0. The maximum Gasteiger partial charge on any atom is 0.434 e. The number of nitrogens with zero attached hydrogens (tertiary/aromatic N) is 1. The number of carbonyl (C=O) groups is 1. The van der Waals surface area contributed by atoms with E-state index in [0.717, 1.165) is 0 Å². The Bertz CT molecular complexity index is 794. The molecule has 7 N–H and O–H groups in total. The van der Waals surface area contributed by atoms with Gasteiger partial charge in [0, 0.05) is 19.6 Å². The van der Waals surface area contributed by atoms with E-state index in [2.05, 4.69) is 0 Å². The molecule has 154 valence electrons. The lowest BCUT2D eigenvalue weighted by Gasteiger charge is -2.43. The molecule has 1 unspecified atom stereocenters. The van der Waals surface area contributed by atoms with E-state index in [9.17, 15) is 30.2 Å². The summed E-state index contributed by atoms with van der Waals surface area (Å²) >= 11 is 0. The molecule has 1 saturated heterocycles. The maximum atomic E-state index is 11.8. The Morgan fingerprint density at radius 3 is 2.61 bits per heavy atom. The minimum absolute atomic E-state index is 0.0357. The first-order valence-corrected chi connectivity index (χ1v) is 9.25. The summed E-state index contributed by atoms with van der Waals surface area (Å²) in [5, 5.41) is 48.3. The molecule has 1 aliphatic carbocycles. The molecule has 28 heavy (non-hydrogen) atoms. The van der Waals surface area contributed by atoms with Crippen LogP contribution in [0.15, 0.2) is 12.1 Å². The van der Waals surface area contributed by atoms with Crippen molar-refractivity contribution < 1.29 is 39.6 Å². The number of likely N-dealkylation sites (tertiary alicyclic amines) is 1. The fraction of sp³-hybridized carbons (Fsp3) is 0.588. The van der Waals surface area contributed by atoms with Crippen LogP contribution in [0.4, 0.5) is 0 Å². The van der Waals surface area contributed by atoms with Gasteiger partial charge in [-0.25, -0.2) is 4.79 Å². The van der Waals surface area contributed by atoms with Crippen LogP contribution < -0.4 is 15.1 Å². The van der Waals surface area contributed by atoms with Crippen molar-refractivity contribution in [2.45, 2.75) is 29.8 Å². The minimum Gasteiger partial charge on any atom is -0.669 e. The topological polar surface area (TPSA) is 166 Å². The first-order valence-electron chi connectivity index (χ1n) is 9.25. The van der Waals surface area contributed by atoms with Crippen LogP contribution in [0.25, 0.3) is 0 Å². The summed E-state index contributed by atoms with van der Waals surface area (Å²) in [6.07, 6.45) is 0.251. The molecule has 4 rings (SSSR count). The Kier molecular flexibility index (Phi) is 4.57. The zero-order valence-corrected chi connectivity index (χ0v) is 15.2. The Morgan fingerprint density at radius 1 is 1.32 bits per heavy atom. The van der Waals surface area contributed by atoms with E-state index in [0.29, 0.717) is 25.1 Å². The summed E-state index contributed by atoms with van der Waals surface area (Å²) < 4.78 is 11.1. The van der Waals surface area contributed by atoms with Crippen molar-refractivity contribution in [1.82, 2.24) is 4.90 Å². The number of ether oxygens (including phenoxy) is 1. The molecule has 11 heteroatoms. The van der Waals surface area contributed by atoms with E-state index in [-0.39, 0.29) is 48.8 Å². The van der Waals surface area contributed by atoms with Crippen molar-refractivity contribution in [1.29, 1.82) is 0 Å². The molecule has 1 saturated carbocycles. The molecular formula is C17H24BN2O8-. The van der Waals surface area contributed by atoms with Crippen LogP contribution in [-0.4, -0.2) is 87.5 Å². The number of carboxylic acids is 1. The third kappa shape index (κ3) is 3.23. The van der Waals surface area contributed by atoms with Crippen molar-refractivity contribution in [2.24, 2.45) is 5.73 Å². The number of aromatic carboxylic acids is 1. The van der Waals surface area contributed by atoms with Crippen LogP contribution in [0.3, 0.4) is 0 Å². The number of nitrogens with two attached hydrogens (primary N) is 1. The van der Waals surface area contributed by atoms with Crippen LogP contribution in [0.2, 0.25) is 5.82 Å². The Labute approximate surface area is 161 Å². The fourth-order valence-corrected chi connectivity index (χ4v) is 4.11. The normalized spacial score (nSPS) is 25.9. The number of rotatable bonds is 7. The number of aliphatic hydroxyl groups excluding tert-OH is 2. The third-order valence-electron chi connectivity index (χ3n) is 5.84. The molecule has 2 heterocycles. The number of carboxylic acid groups (broad SMARTS) is 1. The lowest BCUT2D eigenvalue weighted by Crippen LogP contribution is -2.63. The third-order valence-corrected chi connectivity index (χ3v) is 5.84. The average molecular weight is 395 g/mol.